The first-order valence-corrected chi connectivity index (χ1v) is 3.34. The number of Topliss-reactive ketones (excluding diaryl/α,β-unsaturated/α-hetero) is 1. The molecular weight excluding hydrogens is 162 g/mol. The number of hydrogen-bond donors (Lipinski definition) is 1. The van der Waals surface area contributed by atoms with Gasteiger partial charge in [0.1, 0.15) is 0 Å². The number of nitrogens with one attached hydrogen (secondary N) is 1. The molecule has 0 heterocycles. The average molecular weight is 173 g/mol. The van der Waals surface area contributed by atoms with Gasteiger partial charge in [0.2, 0.25) is 5.91 Å². The Morgan fingerprint density at radius 1 is 1.25 bits per heavy atom. The summed E-state index contributed by atoms with van der Waals surface area (Å²) in [6.45, 7) is 2.43. The first-order chi connectivity index (χ1) is 5.49. The van der Waals surface area contributed by atoms with E-state index in [0.29, 0.717) is 0 Å². The number of hydrogen-bond acceptors (Lipinski definition) is 4. The summed E-state index contributed by atoms with van der Waals surface area (Å²) >= 11 is 0. The fourth-order valence-electron chi connectivity index (χ4n) is 0.648. The molecule has 0 aliphatic heterocycles. The Bertz CT molecular complexity index is 211. The Morgan fingerprint density at radius 2 is 1.75 bits per heavy atom. The van der Waals surface area contributed by atoms with E-state index in [0.717, 1.165) is 7.11 Å². The van der Waals surface area contributed by atoms with Gasteiger partial charge in [-0.25, -0.2) is 4.79 Å². The molecule has 68 valence electrons. The van der Waals surface area contributed by atoms with Crippen LogP contribution in [0.2, 0.25) is 0 Å². The molecule has 0 bridgehead atoms. The van der Waals surface area contributed by atoms with E-state index in [1.807, 2.05) is 0 Å². The molecule has 1 N–H and O–H groups in total. The predicted octanol–water partition coefficient (Wildman–Crippen LogP) is -0.747. The smallest absolute Gasteiger partial charge is 0.336 e. The van der Waals surface area contributed by atoms with Crippen LogP contribution in [0.25, 0.3) is 0 Å². The summed E-state index contributed by atoms with van der Waals surface area (Å²) in [5.41, 5.74) is 0. The van der Waals surface area contributed by atoms with Crippen LogP contribution in [0, 0.1) is 0 Å². The monoisotopic (exact) mass is 173 g/mol. The summed E-state index contributed by atoms with van der Waals surface area (Å²) in [6, 6.07) is -1.17. The summed E-state index contributed by atoms with van der Waals surface area (Å²) in [5.74, 6) is -1.64. The van der Waals surface area contributed by atoms with Crippen molar-refractivity contribution in [2.45, 2.75) is 19.9 Å². The van der Waals surface area contributed by atoms with Crippen molar-refractivity contribution in [3.8, 4) is 0 Å². The van der Waals surface area contributed by atoms with Gasteiger partial charge in [-0.3, -0.25) is 9.59 Å². The second-order valence-electron chi connectivity index (χ2n) is 2.27. The first kappa shape index (κ1) is 10.6. The Kier molecular flexibility index (Phi) is 3.96. The summed E-state index contributed by atoms with van der Waals surface area (Å²) in [6.07, 6.45) is 0. The van der Waals surface area contributed by atoms with Gasteiger partial charge in [0.15, 0.2) is 11.8 Å². The van der Waals surface area contributed by atoms with E-state index >= 15 is 0 Å². The Hall–Kier alpha value is -1.39. The molecule has 0 aliphatic carbocycles. The molecule has 5 heteroatoms. The number of methoxy groups -OCH3 is 1. The van der Waals surface area contributed by atoms with Gasteiger partial charge < -0.3 is 10.1 Å². The number of amides is 1. The van der Waals surface area contributed by atoms with Crippen molar-refractivity contribution in [1.29, 1.82) is 0 Å². The third-order valence-electron chi connectivity index (χ3n) is 1.19. The van der Waals surface area contributed by atoms with Crippen molar-refractivity contribution >= 4 is 17.7 Å². The number of rotatable bonds is 3. The maximum absolute atomic E-state index is 10.8. The number of esters is 1. The van der Waals surface area contributed by atoms with Crippen LogP contribution in [-0.2, 0) is 19.1 Å². The van der Waals surface area contributed by atoms with E-state index in [-0.39, 0.29) is 0 Å². The normalized spacial score (nSPS) is 11.6. The minimum absolute atomic E-state index is 0.444. The molecule has 0 saturated heterocycles. The van der Waals surface area contributed by atoms with E-state index in [9.17, 15) is 14.4 Å². The van der Waals surface area contributed by atoms with Gasteiger partial charge in [-0.2, -0.15) is 0 Å². The molecule has 0 aromatic heterocycles. The highest BCUT2D eigenvalue weighted by atomic mass is 16.5. The Balaban J connectivity index is 4.33. The fourth-order valence-corrected chi connectivity index (χ4v) is 0.648. The van der Waals surface area contributed by atoms with Crippen molar-refractivity contribution in [2.75, 3.05) is 7.11 Å². The van der Waals surface area contributed by atoms with E-state index < -0.39 is 23.7 Å². The molecule has 1 amide bonds. The maximum atomic E-state index is 10.8. The van der Waals surface area contributed by atoms with Crippen molar-refractivity contribution in [1.82, 2.24) is 5.32 Å². The molecule has 0 aromatic rings. The SMILES string of the molecule is COC(=O)[C@H](NC(C)=O)C(C)=O. The zero-order valence-corrected chi connectivity index (χ0v) is 7.21. The molecule has 5 nitrogen and oxygen atoms in total. The van der Waals surface area contributed by atoms with Crippen LogP contribution < -0.4 is 5.32 Å². The molecular formula is C7H11NO4. The van der Waals surface area contributed by atoms with Crippen LogP contribution in [-0.4, -0.2) is 30.8 Å². The number of ketones is 1. The fraction of sp³-hybridized carbons (Fsp3) is 0.571. The van der Waals surface area contributed by atoms with Gasteiger partial charge >= 0.3 is 5.97 Å². The number of ether oxygens (including phenoxy) is 1. The van der Waals surface area contributed by atoms with Crippen LogP contribution in [0.15, 0.2) is 0 Å². The summed E-state index contributed by atoms with van der Waals surface area (Å²) in [4.78, 5) is 32.1. The molecule has 0 fully saturated rings. The van der Waals surface area contributed by atoms with Gasteiger partial charge in [-0.15, -0.1) is 0 Å². The molecule has 0 spiro atoms. The number of carbonyl (C=O) groups excluding carboxylic acids is 3. The third kappa shape index (κ3) is 3.14. The van der Waals surface area contributed by atoms with E-state index in [1.165, 1.54) is 13.8 Å². The van der Waals surface area contributed by atoms with Crippen LogP contribution in [0.1, 0.15) is 13.8 Å². The topological polar surface area (TPSA) is 72.5 Å². The van der Waals surface area contributed by atoms with Crippen molar-refractivity contribution in [3.63, 3.8) is 0 Å². The highest BCUT2D eigenvalue weighted by molar-refractivity contribution is 6.04. The highest BCUT2D eigenvalue weighted by Gasteiger charge is 2.24. The molecule has 0 aromatic carbocycles. The molecule has 0 unspecified atom stereocenters. The summed E-state index contributed by atoms with van der Waals surface area (Å²) < 4.78 is 4.30. The minimum Gasteiger partial charge on any atom is -0.467 e. The summed E-state index contributed by atoms with van der Waals surface area (Å²) in [5, 5.41) is 2.17. The maximum Gasteiger partial charge on any atom is 0.336 e. The van der Waals surface area contributed by atoms with Gasteiger partial charge in [0.25, 0.3) is 0 Å². The van der Waals surface area contributed by atoms with E-state index in [4.69, 9.17) is 0 Å². The molecule has 0 saturated carbocycles. The van der Waals surface area contributed by atoms with Crippen LogP contribution in [0.4, 0.5) is 0 Å². The molecule has 1 atom stereocenters. The lowest BCUT2D eigenvalue weighted by atomic mass is 10.2. The first-order valence-electron chi connectivity index (χ1n) is 3.34. The van der Waals surface area contributed by atoms with Crippen molar-refractivity contribution in [2.24, 2.45) is 0 Å². The molecule has 12 heavy (non-hydrogen) atoms. The minimum atomic E-state index is -1.17. The lowest BCUT2D eigenvalue weighted by Gasteiger charge is -2.11. The van der Waals surface area contributed by atoms with Crippen LogP contribution in [0.5, 0.6) is 0 Å². The van der Waals surface area contributed by atoms with E-state index in [2.05, 4.69) is 10.1 Å². The molecule has 0 radical (unpaired) electrons. The predicted molar refractivity (Wildman–Crippen MR) is 40.3 cm³/mol. The zero-order valence-electron chi connectivity index (χ0n) is 7.21. The third-order valence-corrected chi connectivity index (χ3v) is 1.19. The van der Waals surface area contributed by atoms with Gasteiger partial charge in [0, 0.05) is 6.92 Å². The van der Waals surface area contributed by atoms with Gasteiger partial charge in [-0.1, -0.05) is 0 Å². The van der Waals surface area contributed by atoms with Crippen molar-refractivity contribution < 1.29 is 19.1 Å². The van der Waals surface area contributed by atoms with E-state index in [1.54, 1.807) is 0 Å². The average Bonchev–Trinajstić information content (AvgIpc) is 1.98. The second kappa shape index (κ2) is 4.48. The number of carbonyl (C=O) groups is 3. The van der Waals surface area contributed by atoms with Gasteiger partial charge in [-0.05, 0) is 6.92 Å². The van der Waals surface area contributed by atoms with Crippen LogP contribution in [0.3, 0.4) is 0 Å². The lowest BCUT2D eigenvalue weighted by molar-refractivity contribution is -0.148. The Labute approximate surface area is 70.1 Å². The largest absolute Gasteiger partial charge is 0.467 e. The summed E-state index contributed by atoms with van der Waals surface area (Å²) in [7, 11) is 1.15. The standard InChI is InChI=1S/C7H11NO4/c1-4(9)6(7(11)12-3)8-5(2)10/h6H,1-3H3,(H,8,10)/t6-/m1/s1. The zero-order chi connectivity index (χ0) is 9.72. The Morgan fingerprint density at radius 3 is 2.00 bits per heavy atom. The van der Waals surface area contributed by atoms with Crippen LogP contribution >= 0.6 is 0 Å². The highest BCUT2D eigenvalue weighted by Crippen LogP contribution is 1.89. The lowest BCUT2D eigenvalue weighted by Crippen LogP contribution is -2.45. The van der Waals surface area contributed by atoms with Crippen molar-refractivity contribution in [3.05, 3.63) is 0 Å². The second-order valence-corrected chi connectivity index (χ2v) is 2.27. The van der Waals surface area contributed by atoms with Gasteiger partial charge in [0.05, 0.1) is 7.11 Å². The molecule has 0 aliphatic rings. The molecule has 0 rings (SSSR count). The quantitative estimate of drug-likeness (QED) is 0.450.